The molecule has 0 bridgehead atoms. The third-order valence-corrected chi connectivity index (χ3v) is 2.62. The molecule has 0 aliphatic rings. The maximum Gasteiger partial charge on any atom is 0.416 e. The Morgan fingerprint density at radius 3 is 2.57 bits per heavy atom. The fourth-order valence-corrected chi connectivity index (χ4v) is 1.56. The van der Waals surface area contributed by atoms with Crippen molar-refractivity contribution in [3.8, 4) is 5.75 Å². The molecule has 0 saturated carbocycles. The van der Waals surface area contributed by atoms with Crippen molar-refractivity contribution in [2.24, 2.45) is 0 Å². The molecule has 0 saturated heterocycles. The number of pyridine rings is 1. The number of aromatic nitrogens is 1. The van der Waals surface area contributed by atoms with Gasteiger partial charge in [0.15, 0.2) is 0 Å². The molecule has 0 atom stereocenters. The lowest BCUT2D eigenvalue weighted by Gasteiger charge is -2.10. The van der Waals surface area contributed by atoms with Gasteiger partial charge in [-0.1, -0.05) is 6.07 Å². The quantitative estimate of drug-likeness (QED) is 0.940. The minimum Gasteiger partial charge on any atom is -0.487 e. The number of rotatable bonds is 4. The molecule has 0 fully saturated rings. The normalized spacial score (nSPS) is 11.2. The average molecular weight is 297 g/mol. The van der Waals surface area contributed by atoms with E-state index in [-0.39, 0.29) is 17.9 Å². The Kier molecular flexibility index (Phi) is 4.11. The zero-order valence-electron chi connectivity index (χ0n) is 10.6. The molecule has 1 N–H and O–H groups in total. The van der Waals surface area contributed by atoms with Crippen LogP contribution in [0.3, 0.4) is 0 Å². The van der Waals surface area contributed by atoms with Crippen LogP contribution in [0.4, 0.5) is 13.2 Å². The molecular weight excluding hydrogens is 287 g/mol. The van der Waals surface area contributed by atoms with Gasteiger partial charge in [0.1, 0.15) is 12.4 Å². The summed E-state index contributed by atoms with van der Waals surface area (Å²) in [5, 5.41) is 8.71. The molecule has 0 radical (unpaired) electrons. The van der Waals surface area contributed by atoms with Gasteiger partial charge in [-0.25, -0.2) is 4.79 Å². The van der Waals surface area contributed by atoms with Crippen LogP contribution in [0.15, 0.2) is 42.6 Å². The smallest absolute Gasteiger partial charge is 0.416 e. The van der Waals surface area contributed by atoms with Gasteiger partial charge in [-0.2, -0.15) is 13.2 Å². The third-order valence-electron chi connectivity index (χ3n) is 2.62. The number of halogens is 3. The maximum atomic E-state index is 12.5. The molecule has 0 aliphatic heterocycles. The highest BCUT2D eigenvalue weighted by atomic mass is 19.4. The molecule has 2 rings (SSSR count). The molecule has 4 nitrogen and oxygen atoms in total. The van der Waals surface area contributed by atoms with E-state index in [1.54, 1.807) is 0 Å². The number of carboxylic acid groups (broad SMARTS) is 1. The number of nitrogens with zero attached hydrogens (tertiary/aromatic N) is 1. The van der Waals surface area contributed by atoms with Crippen molar-refractivity contribution in [1.29, 1.82) is 0 Å². The van der Waals surface area contributed by atoms with E-state index in [0.29, 0.717) is 5.69 Å². The zero-order valence-corrected chi connectivity index (χ0v) is 10.6. The van der Waals surface area contributed by atoms with E-state index in [9.17, 15) is 18.0 Å². The summed E-state index contributed by atoms with van der Waals surface area (Å²) in [4.78, 5) is 14.5. The summed E-state index contributed by atoms with van der Waals surface area (Å²) in [5.74, 6) is -1.04. The minimum absolute atomic E-state index is 0.0258. The second-order valence-corrected chi connectivity index (χ2v) is 4.16. The highest BCUT2D eigenvalue weighted by Crippen LogP contribution is 2.31. The lowest BCUT2D eigenvalue weighted by molar-refractivity contribution is -0.137. The van der Waals surface area contributed by atoms with Crippen LogP contribution in [-0.4, -0.2) is 16.1 Å². The van der Waals surface area contributed by atoms with E-state index in [1.807, 2.05) is 0 Å². The molecule has 0 amide bonds. The van der Waals surface area contributed by atoms with E-state index in [0.717, 1.165) is 18.3 Å². The first-order valence-electron chi connectivity index (χ1n) is 5.84. The lowest BCUT2D eigenvalue weighted by Crippen LogP contribution is -2.05. The average Bonchev–Trinajstić information content (AvgIpc) is 2.45. The van der Waals surface area contributed by atoms with Crippen molar-refractivity contribution in [3.63, 3.8) is 0 Å². The van der Waals surface area contributed by atoms with Crippen molar-refractivity contribution in [2.75, 3.05) is 0 Å². The summed E-state index contributed by atoms with van der Waals surface area (Å²) in [6.07, 6.45) is -3.27. The van der Waals surface area contributed by atoms with E-state index < -0.39 is 17.7 Å². The first kappa shape index (κ1) is 14.8. The van der Waals surface area contributed by atoms with Crippen molar-refractivity contribution in [3.05, 3.63) is 59.4 Å². The van der Waals surface area contributed by atoms with Gasteiger partial charge in [0, 0.05) is 6.20 Å². The Morgan fingerprint density at radius 2 is 2.00 bits per heavy atom. The van der Waals surface area contributed by atoms with Gasteiger partial charge in [-0.05, 0) is 30.3 Å². The molecule has 7 heteroatoms. The van der Waals surface area contributed by atoms with Crippen LogP contribution in [0.5, 0.6) is 5.75 Å². The minimum atomic E-state index is -4.43. The van der Waals surface area contributed by atoms with Crippen molar-refractivity contribution >= 4 is 5.97 Å². The standard InChI is InChI=1S/C14H10F3NO3/c15-14(16,17)10-2-1-3-12(6-10)21-8-11-5-4-9(7-18-11)13(19)20/h1-7H,8H2,(H,19,20). The summed E-state index contributed by atoms with van der Waals surface area (Å²) in [6.45, 7) is -0.0544. The van der Waals surface area contributed by atoms with Gasteiger partial charge in [-0.15, -0.1) is 0 Å². The number of alkyl halides is 3. The Morgan fingerprint density at radius 1 is 1.24 bits per heavy atom. The van der Waals surface area contributed by atoms with E-state index in [1.165, 1.54) is 24.3 Å². The highest BCUT2D eigenvalue weighted by molar-refractivity contribution is 5.87. The van der Waals surface area contributed by atoms with Crippen LogP contribution >= 0.6 is 0 Å². The molecule has 1 aromatic heterocycles. The fourth-order valence-electron chi connectivity index (χ4n) is 1.56. The Hall–Kier alpha value is -2.57. The Balaban J connectivity index is 2.04. The topological polar surface area (TPSA) is 59.4 Å². The Labute approximate surface area is 117 Å². The molecule has 0 unspecified atom stereocenters. The second kappa shape index (κ2) is 5.82. The maximum absolute atomic E-state index is 12.5. The summed E-state index contributed by atoms with van der Waals surface area (Å²) in [5.41, 5.74) is -0.357. The molecule has 0 aliphatic carbocycles. The van der Waals surface area contributed by atoms with Gasteiger partial charge in [0.25, 0.3) is 0 Å². The van der Waals surface area contributed by atoms with E-state index in [4.69, 9.17) is 9.84 Å². The van der Waals surface area contributed by atoms with Gasteiger partial charge < -0.3 is 9.84 Å². The van der Waals surface area contributed by atoms with Crippen LogP contribution in [0.1, 0.15) is 21.6 Å². The number of aromatic carboxylic acids is 1. The fraction of sp³-hybridized carbons (Fsp3) is 0.143. The number of benzene rings is 1. The predicted octanol–water partition coefficient (Wildman–Crippen LogP) is 3.38. The van der Waals surface area contributed by atoms with Gasteiger partial charge in [0.2, 0.25) is 0 Å². The van der Waals surface area contributed by atoms with Crippen LogP contribution in [-0.2, 0) is 12.8 Å². The molecule has 1 aromatic carbocycles. The molecule has 2 aromatic rings. The number of carboxylic acids is 1. The van der Waals surface area contributed by atoms with E-state index in [2.05, 4.69) is 4.98 Å². The van der Waals surface area contributed by atoms with Gasteiger partial charge in [-0.3, -0.25) is 4.98 Å². The van der Waals surface area contributed by atoms with Crippen molar-refractivity contribution < 1.29 is 27.8 Å². The summed E-state index contributed by atoms with van der Waals surface area (Å²) in [7, 11) is 0. The summed E-state index contributed by atoms with van der Waals surface area (Å²) in [6, 6.07) is 7.29. The second-order valence-electron chi connectivity index (χ2n) is 4.16. The third kappa shape index (κ3) is 3.95. The molecule has 1 heterocycles. The summed E-state index contributed by atoms with van der Waals surface area (Å²) < 4.78 is 42.8. The first-order chi connectivity index (χ1) is 9.86. The van der Waals surface area contributed by atoms with E-state index >= 15 is 0 Å². The van der Waals surface area contributed by atoms with Crippen LogP contribution in [0, 0.1) is 0 Å². The zero-order chi connectivity index (χ0) is 15.5. The first-order valence-corrected chi connectivity index (χ1v) is 5.84. The molecule has 21 heavy (non-hydrogen) atoms. The summed E-state index contributed by atoms with van der Waals surface area (Å²) >= 11 is 0. The number of hydrogen-bond donors (Lipinski definition) is 1. The number of hydrogen-bond acceptors (Lipinski definition) is 3. The number of ether oxygens (including phenoxy) is 1. The molecular formula is C14H10F3NO3. The van der Waals surface area contributed by atoms with Crippen molar-refractivity contribution in [2.45, 2.75) is 12.8 Å². The van der Waals surface area contributed by atoms with Crippen LogP contribution in [0.2, 0.25) is 0 Å². The van der Waals surface area contributed by atoms with Crippen molar-refractivity contribution in [1.82, 2.24) is 4.98 Å². The highest BCUT2D eigenvalue weighted by Gasteiger charge is 2.30. The predicted molar refractivity (Wildman–Crippen MR) is 67.0 cm³/mol. The van der Waals surface area contributed by atoms with Gasteiger partial charge in [0.05, 0.1) is 16.8 Å². The monoisotopic (exact) mass is 297 g/mol. The molecule has 0 spiro atoms. The Bertz CT molecular complexity index is 639. The lowest BCUT2D eigenvalue weighted by atomic mass is 10.2. The largest absolute Gasteiger partial charge is 0.487 e. The number of carbonyl (C=O) groups is 1. The van der Waals surface area contributed by atoms with Crippen LogP contribution < -0.4 is 4.74 Å². The van der Waals surface area contributed by atoms with Crippen LogP contribution in [0.25, 0.3) is 0 Å². The molecule has 110 valence electrons. The SMILES string of the molecule is O=C(O)c1ccc(COc2cccc(C(F)(F)F)c2)nc1. The van der Waals surface area contributed by atoms with Gasteiger partial charge >= 0.3 is 12.1 Å².